The summed E-state index contributed by atoms with van der Waals surface area (Å²) in [6.45, 7) is 2.70. The van der Waals surface area contributed by atoms with E-state index in [9.17, 15) is 9.90 Å². The molecule has 0 aliphatic carbocycles. The molecule has 1 aromatic carbocycles. The molecular formula is C20H25ClN4O2. The molecular weight excluding hydrogens is 364 g/mol. The number of halogens is 1. The molecule has 1 N–H and O–H groups in total. The quantitative estimate of drug-likeness (QED) is 0.816. The number of nitrogens with zero attached hydrogens (tertiary/aromatic N) is 4. The Morgan fingerprint density at radius 1 is 1.26 bits per heavy atom. The van der Waals surface area contributed by atoms with Crippen molar-refractivity contribution in [1.82, 2.24) is 14.8 Å². The molecule has 2 fully saturated rings. The molecule has 2 amide bonds. The first kappa shape index (κ1) is 18.3. The standard InChI is InChI=1S/C20H25ClN4O2/c1-23(2)19(26)25-10-7-20(27)6-9-24(12-14(20)13-25)18-5-8-22-17-11-15(21)3-4-16(17)18/h3-5,8,11,14,27H,6-7,9-10,12-13H2,1-2H3/t14-,20-/m1/s1. The smallest absolute Gasteiger partial charge is 0.319 e. The van der Waals surface area contributed by atoms with Crippen LogP contribution in [0, 0.1) is 5.92 Å². The van der Waals surface area contributed by atoms with Crippen LogP contribution in [-0.4, -0.2) is 71.8 Å². The second-order valence-electron chi connectivity index (χ2n) is 7.86. The van der Waals surface area contributed by atoms with Crippen molar-refractivity contribution in [2.75, 3.05) is 45.2 Å². The lowest BCUT2D eigenvalue weighted by Gasteiger charge is -2.51. The second-order valence-corrected chi connectivity index (χ2v) is 8.30. The summed E-state index contributed by atoms with van der Waals surface area (Å²) in [4.78, 5) is 22.6. The number of anilines is 1. The molecule has 1 aromatic heterocycles. The first-order valence-corrected chi connectivity index (χ1v) is 9.73. The van der Waals surface area contributed by atoms with E-state index in [-0.39, 0.29) is 11.9 Å². The molecule has 0 unspecified atom stereocenters. The molecule has 4 rings (SSSR count). The highest BCUT2D eigenvalue weighted by atomic mass is 35.5. The van der Waals surface area contributed by atoms with Crippen molar-refractivity contribution in [3.05, 3.63) is 35.5 Å². The van der Waals surface area contributed by atoms with E-state index in [4.69, 9.17) is 11.6 Å². The summed E-state index contributed by atoms with van der Waals surface area (Å²) in [6, 6.07) is 7.79. The van der Waals surface area contributed by atoms with Crippen LogP contribution in [0.15, 0.2) is 30.5 Å². The molecule has 0 radical (unpaired) electrons. The molecule has 0 saturated carbocycles. The lowest BCUT2D eigenvalue weighted by molar-refractivity contribution is -0.0759. The number of aromatic nitrogens is 1. The van der Waals surface area contributed by atoms with E-state index in [1.54, 1.807) is 25.2 Å². The van der Waals surface area contributed by atoms with Gasteiger partial charge in [-0.1, -0.05) is 11.6 Å². The van der Waals surface area contributed by atoms with Crippen LogP contribution in [-0.2, 0) is 0 Å². The molecule has 7 heteroatoms. The number of amides is 2. The van der Waals surface area contributed by atoms with Gasteiger partial charge in [-0.15, -0.1) is 0 Å². The first-order chi connectivity index (χ1) is 12.9. The maximum absolute atomic E-state index is 12.4. The Hall–Kier alpha value is -2.05. The maximum atomic E-state index is 12.4. The van der Waals surface area contributed by atoms with Gasteiger partial charge in [0.1, 0.15) is 0 Å². The summed E-state index contributed by atoms with van der Waals surface area (Å²) >= 11 is 6.11. The fourth-order valence-corrected chi connectivity index (χ4v) is 4.53. The van der Waals surface area contributed by atoms with Crippen LogP contribution < -0.4 is 4.90 Å². The van der Waals surface area contributed by atoms with Crippen molar-refractivity contribution in [2.24, 2.45) is 5.92 Å². The van der Waals surface area contributed by atoms with E-state index in [1.165, 1.54) is 0 Å². The van der Waals surface area contributed by atoms with Crippen LogP contribution in [0.3, 0.4) is 0 Å². The zero-order chi connectivity index (χ0) is 19.2. The van der Waals surface area contributed by atoms with E-state index in [0.717, 1.165) is 29.7 Å². The van der Waals surface area contributed by atoms with Crippen LogP contribution in [0.1, 0.15) is 12.8 Å². The van der Waals surface area contributed by atoms with E-state index in [0.29, 0.717) is 31.0 Å². The zero-order valence-electron chi connectivity index (χ0n) is 15.7. The van der Waals surface area contributed by atoms with Crippen molar-refractivity contribution in [3.63, 3.8) is 0 Å². The van der Waals surface area contributed by atoms with Gasteiger partial charge in [0.15, 0.2) is 0 Å². The Morgan fingerprint density at radius 2 is 2.04 bits per heavy atom. The third kappa shape index (κ3) is 3.32. The largest absolute Gasteiger partial charge is 0.389 e. The Kier molecular flexibility index (Phi) is 4.64. The monoisotopic (exact) mass is 388 g/mol. The molecule has 3 heterocycles. The molecule has 0 bridgehead atoms. The van der Waals surface area contributed by atoms with Gasteiger partial charge in [-0.3, -0.25) is 4.98 Å². The molecule has 2 saturated heterocycles. The molecule has 144 valence electrons. The highest BCUT2D eigenvalue weighted by Gasteiger charge is 2.46. The number of carbonyl (C=O) groups is 1. The van der Waals surface area contributed by atoms with E-state index in [2.05, 4.69) is 9.88 Å². The normalized spacial score (nSPS) is 25.4. The molecule has 2 atom stereocenters. The number of piperidine rings is 2. The van der Waals surface area contributed by atoms with Gasteiger partial charge < -0.3 is 19.8 Å². The Labute approximate surface area is 164 Å². The summed E-state index contributed by atoms with van der Waals surface area (Å²) in [6.07, 6.45) is 3.15. The highest BCUT2D eigenvalue weighted by molar-refractivity contribution is 6.31. The van der Waals surface area contributed by atoms with Crippen molar-refractivity contribution in [2.45, 2.75) is 18.4 Å². The van der Waals surface area contributed by atoms with Crippen molar-refractivity contribution in [3.8, 4) is 0 Å². The molecule has 0 spiro atoms. The summed E-state index contributed by atoms with van der Waals surface area (Å²) in [5.41, 5.74) is 1.29. The summed E-state index contributed by atoms with van der Waals surface area (Å²) in [7, 11) is 3.54. The molecule has 2 aliphatic rings. The molecule has 2 aliphatic heterocycles. The number of hydrogen-bond donors (Lipinski definition) is 1. The van der Waals surface area contributed by atoms with Crippen LogP contribution in [0.25, 0.3) is 10.9 Å². The number of rotatable bonds is 1. The van der Waals surface area contributed by atoms with Crippen molar-refractivity contribution < 1.29 is 9.90 Å². The number of carbonyl (C=O) groups excluding carboxylic acids is 1. The number of hydrogen-bond acceptors (Lipinski definition) is 4. The number of urea groups is 1. The van der Waals surface area contributed by atoms with Gasteiger partial charge in [-0.05, 0) is 37.1 Å². The van der Waals surface area contributed by atoms with E-state index < -0.39 is 5.60 Å². The number of pyridine rings is 1. The van der Waals surface area contributed by atoms with Gasteiger partial charge >= 0.3 is 6.03 Å². The maximum Gasteiger partial charge on any atom is 0.319 e. The Bertz CT molecular complexity index is 874. The van der Waals surface area contributed by atoms with Gasteiger partial charge in [0.2, 0.25) is 0 Å². The number of benzene rings is 1. The third-order valence-corrected chi connectivity index (χ3v) is 6.18. The fourth-order valence-electron chi connectivity index (χ4n) is 4.36. The minimum atomic E-state index is -0.689. The predicted molar refractivity (Wildman–Crippen MR) is 107 cm³/mol. The Morgan fingerprint density at radius 3 is 2.81 bits per heavy atom. The zero-order valence-corrected chi connectivity index (χ0v) is 16.5. The minimum absolute atomic E-state index is 0.0122. The second kappa shape index (κ2) is 6.84. The van der Waals surface area contributed by atoms with Gasteiger partial charge in [0.05, 0.1) is 11.1 Å². The van der Waals surface area contributed by atoms with Gasteiger partial charge in [-0.2, -0.15) is 0 Å². The van der Waals surface area contributed by atoms with Gasteiger partial charge in [0.25, 0.3) is 0 Å². The molecule has 2 aromatic rings. The van der Waals surface area contributed by atoms with Crippen LogP contribution in [0.4, 0.5) is 10.5 Å². The van der Waals surface area contributed by atoms with Crippen LogP contribution in [0.5, 0.6) is 0 Å². The molecule has 6 nitrogen and oxygen atoms in total. The van der Waals surface area contributed by atoms with Crippen LogP contribution in [0.2, 0.25) is 5.02 Å². The SMILES string of the molecule is CN(C)C(=O)N1CC[C@]2(O)CCN(c3ccnc4cc(Cl)ccc34)C[C@@H]2C1. The number of fused-ring (bicyclic) bond motifs is 2. The van der Waals surface area contributed by atoms with E-state index in [1.807, 2.05) is 29.2 Å². The van der Waals surface area contributed by atoms with E-state index >= 15 is 0 Å². The summed E-state index contributed by atoms with van der Waals surface area (Å²) in [5, 5.41) is 12.9. The number of likely N-dealkylation sites (tertiary alicyclic amines) is 1. The van der Waals surface area contributed by atoms with Crippen LogP contribution >= 0.6 is 11.6 Å². The number of aliphatic hydroxyl groups is 1. The average molecular weight is 389 g/mol. The van der Waals surface area contributed by atoms with Gasteiger partial charge in [0, 0.05) is 68.5 Å². The highest BCUT2D eigenvalue weighted by Crippen LogP contribution is 2.38. The predicted octanol–water partition coefficient (Wildman–Crippen LogP) is 2.83. The molecule has 27 heavy (non-hydrogen) atoms. The van der Waals surface area contributed by atoms with Gasteiger partial charge in [-0.25, -0.2) is 4.79 Å². The first-order valence-electron chi connectivity index (χ1n) is 9.35. The average Bonchev–Trinajstić information content (AvgIpc) is 2.65. The lowest BCUT2D eigenvalue weighted by atomic mass is 9.75. The van der Waals surface area contributed by atoms with Crippen molar-refractivity contribution in [1.29, 1.82) is 0 Å². The third-order valence-electron chi connectivity index (χ3n) is 5.95. The summed E-state index contributed by atoms with van der Waals surface area (Å²) in [5.74, 6) is 0.0272. The lowest BCUT2D eigenvalue weighted by Crippen LogP contribution is -2.61. The van der Waals surface area contributed by atoms with Crippen molar-refractivity contribution >= 4 is 34.2 Å². The topological polar surface area (TPSA) is 59.9 Å². The summed E-state index contributed by atoms with van der Waals surface area (Å²) < 4.78 is 0. The fraction of sp³-hybridized carbons (Fsp3) is 0.500. The Balaban J connectivity index is 1.60. The minimum Gasteiger partial charge on any atom is -0.389 e.